The summed E-state index contributed by atoms with van der Waals surface area (Å²) in [5, 5.41) is 0. The molecule has 7 heteroatoms. The van der Waals surface area contributed by atoms with Crippen LogP contribution in [0.1, 0.15) is 6.42 Å². The second kappa shape index (κ2) is 4.93. The fraction of sp³-hybridized carbons (Fsp3) is 0.727. The molecule has 2 saturated heterocycles. The Kier molecular flexibility index (Phi) is 3.51. The molecule has 0 aromatic carbocycles. The minimum atomic E-state index is -1.12. The third-order valence-electron chi connectivity index (χ3n) is 3.28. The fourth-order valence-corrected chi connectivity index (χ4v) is 2.46. The molecule has 100 valence electrons. The zero-order valence-electron chi connectivity index (χ0n) is 10.1. The minimum absolute atomic E-state index is 0.0334. The van der Waals surface area contributed by atoms with Crippen molar-refractivity contribution in [1.82, 2.24) is 0 Å². The van der Waals surface area contributed by atoms with Crippen molar-refractivity contribution in [3.63, 3.8) is 0 Å². The van der Waals surface area contributed by atoms with E-state index in [0.717, 1.165) is 0 Å². The van der Waals surface area contributed by atoms with Gasteiger partial charge in [0.1, 0.15) is 6.10 Å². The van der Waals surface area contributed by atoms with Gasteiger partial charge in [0.2, 0.25) is 0 Å². The van der Waals surface area contributed by atoms with Crippen molar-refractivity contribution in [3.05, 3.63) is 0 Å². The maximum absolute atomic E-state index is 11.7. The largest absolute Gasteiger partial charge is 0.468 e. The Bertz CT molecular complexity index is 346. The number of fused-ring (bicyclic) bond motifs is 2. The second-order valence-electron chi connectivity index (χ2n) is 4.21. The third kappa shape index (κ3) is 2.05. The summed E-state index contributed by atoms with van der Waals surface area (Å²) in [5.74, 6) is -3.45. The summed E-state index contributed by atoms with van der Waals surface area (Å²) in [6, 6.07) is 0. The third-order valence-corrected chi connectivity index (χ3v) is 3.28. The number of methoxy groups -OCH3 is 2. The van der Waals surface area contributed by atoms with Crippen molar-refractivity contribution in [2.24, 2.45) is 11.8 Å². The van der Waals surface area contributed by atoms with Gasteiger partial charge in [-0.2, -0.15) is 0 Å². The lowest BCUT2D eigenvalue weighted by Crippen LogP contribution is -2.47. The lowest BCUT2D eigenvalue weighted by molar-refractivity contribution is -0.173. The number of carbonyl (C=O) groups excluding carboxylic acids is 3. The fourth-order valence-electron chi connectivity index (χ4n) is 2.46. The van der Waals surface area contributed by atoms with Crippen molar-refractivity contribution in [2.45, 2.75) is 18.6 Å². The molecule has 0 aliphatic carbocycles. The van der Waals surface area contributed by atoms with Gasteiger partial charge < -0.3 is 18.9 Å². The molecule has 0 spiro atoms. The molecular weight excluding hydrogens is 244 g/mol. The lowest BCUT2D eigenvalue weighted by Gasteiger charge is -2.30. The molecule has 2 bridgehead atoms. The monoisotopic (exact) mass is 258 g/mol. The van der Waals surface area contributed by atoms with Gasteiger partial charge >= 0.3 is 17.9 Å². The van der Waals surface area contributed by atoms with Gasteiger partial charge in [0.25, 0.3) is 0 Å². The standard InChI is InChI=1S/C11H14O7/c1-15-10(13)9(11(14)16-2)8-5-3-7(12)18-6(8)4-17-5/h5-6,8-9H,3-4H2,1-2H3/t5-,6-,8-/m0/s1. The highest BCUT2D eigenvalue weighted by Crippen LogP contribution is 2.37. The molecule has 0 saturated carbocycles. The summed E-state index contributed by atoms with van der Waals surface area (Å²) < 4.78 is 19.7. The SMILES string of the molecule is COC(=O)C(C(=O)OC)[C@H]1[C@@H]2CC(=O)O[C@H]1CO2. The highest BCUT2D eigenvalue weighted by Gasteiger charge is 2.54. The zero-order chi connectivity index (χ0) is 13.3. The number of hydrogen-bond acceptors (Lipinski definition) is 7. The van der Waals surface area contributed by atoms with E-state index in [9.17, 15) is 14.4 Å². The predicted octanol–water partition coefficient (Wildman–Crippen LogP) is -0.721. The smallest absolute Gasteiger partial charge is 0.320 e. The Morgan fingerprint density at radius 1 is 1.22 bits per heavy atom. The molecule has 18 heavy (non-hydrogen) atoms. The van der Waals surface area contributed by atoms with Crippen LogP contribution in [0.2, 0.25) is 0 Å². The molecule has 3 atom stereocenters. The van der Waals surface area contributed by atoms with Gasteiger partial charge in [0, 0.05) is 5.92 Å². The first-order chi connectivity index (χ1) is 8.58. The summed E-state index contributed by atoms with van der Waals surface area (Å²) in [7, 11) is 2.38. The molecule has 0 aromatic rings. The Labute approximate surface area is 103 Å². The van der Waals surface area contributed by atoms with Gasteiger partial charge in [-0.15, -0.1) is 0 Å². The van der Waals surface area contributed by atoms with Crippen LogP contribution in [-0.2, 0) is 33.3 Å². The molecule has 2 heterocycles. The molecule has 2 aliphatic rings. The Morgan fingerprint density at radius 3 is 2.33 bits per heavy atom. The van der Waals surface area contributed by atoms with E-state index in [2.05, 4.69) is 9.47 Å². The molecule has 0 aromatic heterocycles. The summed E-state index contributed by atoms with van der Waals surface area (Å²) in [6.45, 7) is 0.186. The van der Waals surface area contributed by atoms with Gasteiger partial charge in [-0.1, -0.05) is 0 Å². The van der Waals surface area contributed by atoms with Crippen LogP contribution >= 0.6 is 0 Å². The summed E-state index contributed by atoms with van der Waals surface area (Å²) in [5.41, 5.74) is 0. The molecule has 0 radical (unpaired) electrons. The maximum Gasteiger partial charge on any atom is 0.320 e. The van der Waals surface area contributed by atoms with Gasteiger partial charge in [0.15, 0.2) is 5.92 Å². The van der Waals surface area contributed by atoms with Crippen LogP contribution in [0.3, 0.4) is 0 Å². The molecule has 2 rings (SSSR count). The van der Waals surface area contributed by atoms with E-state index < -0.39 is 36.0 Å². The summed E-state index contributed by atoms with van der Waals surface area (Å²) in [4.78, 5) is 34.6. The van der Waals surface area contributed by atoms with Crippen molar-refractivity contribution in [2.75, 3.05) is 20.8 Å². The Balaban J connectivity index is 2.24. The van der Waals surface area contributed by atoms with E-state index in [1.165, 1.54) is 14.2 Å². The van der Waals surface area contributed by atoms with Gasteiger partial charge in [-0.25, -0.2) is 0 Å². The van der Waals surface area contributed by atoms with Crippen LogP contribution in [-0.4, -0.2) is 50.9 Å². The van der Waals surface area contributed by atoms with Crippen LogP contribution < -0.4 is 0 Å². The summed E-state index contributed by atoms with van der Waals surface area (Å²) in [6.07, 6.45) is -1.06. The summed E-state index contributed by atoms with van der Waals surface area (Å²) >= 11 is 0. The van der Waals surface area contributed by atoms with Gasteiger partial charge in [-0.3, -0.25) is 14.4 Å². The zero-order valence-corrected chi connectivity index (χ0v) is 10.1. The molecule has 2 fully saturated rings. The normalized spacial score (nSPS) is 29.9. The van der Waals surface area contributed by atoms with Gasteiger partial charge in [0.05, 0.1) is 33.4 Å². The van der Waals surface area contributed by atoms with Crippen LogP contribution in [0, 0.1) is 11.8 Å². The first kappa shape index (κ1) is 12.8. The molecule has 2 aliphatic heterocycles. The quantitative estimate of drug-likeness (QED) is 0.375. The second-order valence-corrected chi connectivity index (χ2v) is 4.21. The number of esters is 3. The highest BCUT2D eigenvalue weighted by atomic mass is 16.6. The number of carbonyl (C=O) groups is 3. The van der Waals surface area contributed by atoms with Crippen molar-refractivity contribution >= 4 is 17.9 Å². The first-order valence-corrected chi connectivity index (χ1v) is 5.55. The van der Waals surface area contributed by atoms with E-state index >= 15 is 0 Å². The van der Waals surface area contributed by atoms with Crippen molar-refractivity contribution < 1.29 is 33.3 Å². The lowest BCUT2D eigenvalue weighted by atomic mass is 9.82. The Morgan fingerprint density at radius 2 is 1.83 bits per heavy atom. The van der Waals surface area contributed by atoms with E-state index in [4.69, 9.17) is 9.47 Å². The predicted molar refractivity (Wildman–Crippen MR) is 55.2 cm³/mol. The molecule has 0 N–H and O–H groups in total. The van der Waals surface area contributed by atoms with E-state index in [1.807, 2.05) is 0 Å². The van der Waals surface area contributed by atoms with E-state index in [1.54, 1.807) is 0 Å². The van der Waals surface area contributed by atoms with Crippen LogP contribution in [0.5, 0.6) is 0 Å². The average Bonchev–Trinajstić information content (AvgIpc) is 2.61. The van der Waals surface area contributed by atoms with Crippen LogP contribution in [0.4, 0.5) is 0 Å². The van der Waals surface area contributed by atoms with Crippen molar-refractivity contribution in [3.8, 4) is 0 Å². The molecular formula is C11H14O7. The van der Waals surface area contributed by atoms with Crippen molar-refractivity contribution in [1.29, 1.82) is 0 Å². The molecule has 7 nitrogen and oxygen atoms in total. The van der Waals surface area contributed by atoms with Gasteiger partial charge in [-0.05, 0) is 0 Å². The van der Waals surface area contributed by atoms with Crippen LogP contribution in [0.25, 0.3) is 0 Å². The van der Waals surface area contributed by atoms with Crippen LogP contribution in [0.15, 0.2) is 0 Å². The first-order valence-electron chi connectivity index (χ1n) is 5.55. The topological polar surface area (TPSA) is 88.1 Å². The average molecular weight is 258 g/mol. The maximum atomic E-state index is 11.7. The minimum Gasteiger partial charge on any atom is -0.468 e. The Hall–Kier alpha value is -1.63. The highest BCUT2D eigenvalue weighted by molar-refractivity contribution is 5.95. The number of hydrogen-bond donors (Lipinski definition) is 0. The molecule has 0 unspecified atom stereocenters. The van der Waals surface area contributed by atoms with E-state index in [-0.39, 0.29) is 19.0 Å². The number of rotatable bonds is 3. The van der Waals surface area contributed by atoms with E-state index in [0.29, 0.717) is 0 Å². The number of ether oxygens (including phenoxy) is 4. The molecule has 0 amide bonds.